The van der Waals surface area contributed by atoms with E-state index in [1.54, 1.807) is 11.1 Å². The first-order valence-corrected chi connectivity index (χ1v) is 7.78. The number of nitrogens with two attached hydrogens (primary N) is 1. The summed E-state index contributed by atoms with van der Waals surface area (Å²) in [5, 5.41) is 0.230. The molecule has 0 bridgehead atoms. The van der Waals surface area contributed by atoms with Crippen molar-refractivity contribution < 1.29 is 4.79 Å². The number of nitrogen functional groups attached to an aromatic ring is 1. The molecule has 1 aliphatic heterocycles. The van der Waals surface area contributed by atoms with Crippen molar-refractivity contribution in [3.05, 3.63) is 38.2 Å². The van der Waals surface area contributed by atoms with Crippen molar-refractivity contribution in [2.75, 3.05) is 10.6 Å². The molecule has 0 aliphatic carbocycles. The molecule has 0 fully saturated rings. The maximum Gasteiger partial charge on any atom is 0.233 e. The summed E-state index contributed by atoms with van der Waals surface area (Å²) in [5.41, 5.74) is 9.09. The van der Waals surface area contributed by atoms with Crippen molar-refractivity contribution in [1.29, 1.82) is 0 Å². The number of nitrogens with zero attached hydrogens (tertiary/aromatic N) is 4. The number of halogens is 2. The second-order valence-corrected chi connectivity index (χ2v) is 6.31. The number of hydrogen-bond acceptors (Lipinski definition) is 5. The van der Waals surface area contributed by atoms with Crippen LogP contribution in [-0.2, 0) is 17.8 Å². The quantitative estimate of drug-likeness (QED) is 0.807. The lowest BCUT2D eigenvalue weighted by Gasteiger charge is -2.18. The number of pyridine rings is 1. The summed E-state index contributed by atoms with van der Waals surface area (Å²) in [7, 11) is 0. The third-order valence-electron chi connectivity index (χ3n) is 3.67. The Morgan fingerprint density at radius 2 is 2.14 bits per heavy atom. The molecule has 22 heavy (non-hydrogen) atoms. The van der Waals surface area contributed by atoms with Crippen LogP contribution in [0.2, 0.25) is 5.15 Å². The van der Waals surface area contributed by atoms with Gasteiger partial charge in [-0.1, -0.05) is 27.5 Å². The highest BCUT2D eigenvalue weighted by Gasteiger charge is 2.32. The van der Waals surface area contributed by atoms with E-state index in [1.807, 2.05) is 13.8 Å². The fraction of sp³-hybridized carbons (Fsp3) is 0.286. The second kappa shape index (κ2) is 5.48. The van der Waals surface area contributed by atoms with Crippen LogP contribution in [0.5, 0.6) is 0 Å². The van der Waals surface area contributed by atoms with Crippen LogP contribution >= 0.6 is 27.5 Å². The topological polar surface area (TPSA) is 85.0 Å². The molecular weight excluding hydrogens is 370 g/mol. The number of rotatable bonds is 2. The van der Waals surface area contributed by atoms with E-state index in [9.17, 15) is 4.79 Å². The fourth-order valence-electron chi connectivity index (χ4n) is 2.42. The minimum absolute atomic E-state index is 0.0539. The standard InChI is InChI=1S/C14H13BrClN5O/c1-6-4-18-9(7(2)11(6)15)5-21-10(22)3-8-12(16)19-14(17)20-13(8)21/h4H,3,5H2,1-2H3,(H2,17,19,20). The monoisotopic (exact) mass is 381 g/mol. The Balaban J connectivity index is 2.02. The summed E-state index contributed by atoms with van der Waals surface area (Å²) in [6, 6.07) is 0. The van der Waals surface area contributed by atoms with E-state index in [0.29, 0.717) is 17.9 Å². The van der Waals surface area contributed by atoms with Gasteiger partial charge < -0.3 is 5.73 Å². The average Bonchev–Trinajstić information content (AvgIpc) is 2.76. The van der Waals surface area contributed by atoms with Gasteiger partial charge in [0.2, 0.25) is 11.9 Å². The fourth-order valence-corrected chi connectivity index (χ4v) is 2.99. The minimum atomic E-state index is -0.0882. The molecule has 8 heteroatoms. The summed E-state index contributed by atoms with van der Waals surface area (Å²) in [6.45, 7) is 4.25. The van der Waals surface area contributed by atoms with Crippen LogP contribution in [0.25, 0.3) is 0 Å². The van der Waals surface area contributed by atoms with Crippen LogP contribution in [0, 0.1) is 13.8 Å². The van der Waals surface area contributed by atoms with Crippen LogP contribution in [0.4, 0.5) is 11.8 Å². The van der Waals surface area contributed by atoms with Gasteiger partial charge in [0.25, 0.3) is 0 Å². The van der Waals surface area contributed by atoms with Crippen molar-refractivity contribution in [2.45, 2.75) is 26.8 Å². The van der Waals surface area contributed by atoms with Gasteiger partial charge in [0.05, 0.1) is 18.7 Å². The van der Waals surface area contributed by atoms with Gasteiger partial charge >= 0.3 is 0 Å². The lowest BCUT2D eigenvalue weighted by molar-refractivity contribution is -0.117. The summed E-state index contributed by atoms with van der Waals surface area (Å²) >= 11 is 9.59. The summed E-state index contributed by atoms with van der Waals surface area (Å²) < 4.78 is 0.990. The normalized spacial score (nSPS) is 13.6. The molecule has 0 unspecified atom stereocenters. The molecule has 2 aromatic rings. The lowest BCUT2D eigenvalue weighted by atomic mass is 10.1. The molecule has 114 valence electrons. The number of aromatic nitrogens is 3. The van der Waals surface area contributed by atoms with Crippen LogP contribution in [0.1, 0.15) is 22.4 Å². The predicted octanol–water partition coefficient (Wildman–Crippen LogP) is 2.58. The van der Waals surface area contributed by atoms with Crippen LogP contribution < -0.4 is 10.6 Å². The van der Waals surface area contributed by atoms with Gasteiger partial charge in [0.1, 0.15) is 11.0 Å². The zero-order valence-corrected chi connectivity index (χ0v) is 14.4. The molecule has 0 aromatic carbocycles. The van der Waals surface area contributed by atoms with Gasteiger partial charge in [-0.25, -0.2) is 4.98 Å². The molecule has 0 spiro atoms. The predicted molar refractivity (Wildman–Crippen MR) is 87.8 cm³/mol. The number of hydrogen-bond donors (Lipinski definition) is 1. The molecule has 0 atom stereocenters. The van der Waals surface area contributed by atoms with Crippen molar-refractivity contribution in [1.82, 2.24) is 15.0 Å². The molecule has 3 heterocycles. The average molecular weight is 383 g/mol. The molecule has 0 radical (unpaired) electrons. The van der Waals surface area contributed by atoms with E-state index in [2.05, 4.69) is 30.9 Å². The van der Waals surface area contributed by atoms with Gasteiger partial charge in [0.15, 0.2) is 0 Å². The molecule has 2 aromatic heterocycles. The van der Waals surface area contributed by atoms with Crippen molar-refractivity contribution in [3.8, 4) is 0 Å². The van der Waals surface area contributed by atoms with Gasteiger partial charge in [-0.05, 0) is 25.0 Å². The van der Waals surface area contributed by atoms with Gasteiger partial charge in [0, 0.05) is 16.2 Å². The summed E-state index contributed by atoms with van der Waals surface area (Å²) in [4.78, 5) is 26.3. The summed E-state index contributed by atoms with van der Waals surface area (Å²) in [5.74, 6) is 0.438. The van der Waals surface area contributed by atoms with E-state index < -0.39 is 0 Å². The Kier molecular flexibility index (Phi) is 3.78. The number of carbonyl (C=O) groups is 1. The number of amides is 1. The zero-order chi connectivity index (χ0) is 16.0. The SMILES string of the molecule is Cc1cnc(CN2C(=O)Cc3c(Cl)nc(N)nc32)c(C)c1Br. The molecular formula is C14H13BrClN5O. The van der Waals surface area contributed by atoms with E-state index in [-0.39, 0.29) is 23.4 Å². The van der Waals surface area contributed by atoms with Gasteiger partial charge in [-0.2, -0.15) is 4.98 Å². The third kappa shape index (κ3) is 2.44. The Morgan fingerprint density at radius 1 is 1.41 bits per heavy atom. The third-order valence-corrected chi connectivity index (χ3v) is 5.20. The molecule has 0 saturated carbocycles. The molecule has 0 saturated heterocycles. The van der Waals surface area contributed by atoms with Crippen LogP contribution in [-0.4, -0.2) is 20.9 Å². The number of anilines is 2. The van der Waals surface area contributed by atoms with Crippen molar-refractivity contribution in [2.24, 2.45) is 0 Å². The molecule has 6 nitrogen and oxygen atoms in total. The van der Waals surface area contributed by atoms with E-state index in [1.165, 1.54) is 0 Å². The first-order valence-electron chi connectivity index (χ1n) is 6.61. The van der Waals surface area contributed by atoms with Crippen LogP contribution in [0.15, 0.2) is 10.7 Å². The van der Waals surface area contributed by atoms with E-state index in [4.69, 9.17) is 17.3 Å². The smallest absolute Gasteiger partial charge is 0.233 e. The largest absolute Gasteiger partial charge is 0.368 e. The number of fused-ring (bicyclic) bond motifs is 1. The Hall–Kier alpha value is -1.73. The highest BCUT2D eigenvalue weighted by atomic mass is 79.9. The van der Waals surface area contributed by atoms with Gasteiger partial charge in [-0.3, -0.25) is 14.7 Å². The molecule has 1 aliphatic rings. The Labute approximate surface area is 140 Å². The van der Waals surface area contributed by atoms with Crippen LogP contribution in [0.3, 0.4) is 0 Å². The highest BCUT2D eigenvalue weighted by Crippen LogP contribution is 2.33. The molecule has 2 N–H and O–H groups in total. The summed E-state index contributed by atoms with van der Waals surface area (Å²) in [6.07, 6.45) is 1.95. The van der Waals surface area contributed by atoms with E-state index in [0.717, 1.165) is 21.3 Å². The van der Waals surface area contributed by atoms with Crippen molar-refractivity contribution >= 4 is 45.2 Å². The first kappa shape index (κ1) is 15.2. The molecule has 1 amide bonds. The maximum absolute atomic E-state index is 12.3. The van der Waals surface area contributed by atoms with Crippen molar-refractivity contribution in [3.63, 3.8) is 0 Å². The zero-order valence-electron chi connectivity index (χ0n) is 12.0. The number of carbonyl (C=O) groups excluding carboxylic acids is 1. The maximum atomic E-state index is 12.3. The highest BCUT2D eigenvalue weighted by molar-refractivity contribution is 9.10. The number of aryl methyl sites for hydroxylation is 1. The van der Waals surface area contributed by atoms with Gasteiger partial charge in [-0.15, -0.1) is 0 Å². The lowest BCUT2D eigenvalue weighted by Crippen LogP contribution is -2.27. The Morgan fingerprint density at radius 3 is 2.86 bits per heavy atom. The second-order valence-electron chi connectivity index (χ2n) is 5.16. The van der Waals surface area contributed by atoms with E-state index >= 15 is 0 Å². The Bertz CT molecular complexity index is 795. The first-order chi connectivity index (χ1) is 10.4. The molecule has 3 rings (SSSR count). The minimum Gasteiger partial charge on any atom is -0.368 e.